The molecule has 0 saturated carbocycles. The van der Waals surface area contributed by atoms with E-state index in [0.717, 1.165) is 0 Å². The van der Waals surface area contributed by atoms with E-state index >= 15 is 0 Å². The highest BCUT2D eigenvalue weighted by molar-refractivity contribution is 6.05. The van der Waals surface area contributed by atoms with Crippen molar-refractivity contribution in [1.29, 1.82) is 0 Å². The SMILES string of the molecule is CC1CN(C(=O)OC(C)(C)C)C(=O)/C1=C/CN(C)C. The van der Waals surface area contributed by atoms with Crippen LogP contribution in [0, 0.1) is 5.92 Å². The molecule has 1 saturated heterocycles. The maximum atomic E-state index is 12.2. The lowest BCUT2D eigenvalue weighted by Gasteiger charge is -2.23. The van der Waals surface area contributed by atoms with Crippen LogP contribution in [0.4, 0.5) is 4.79 Å². The van der Waals surface area contributed by atoms with Crippen LogP contribution < -0.4 is 0 Å². The van der Waals surface area contributed by atoms with Gasteiger partial charge in [-0.1, -0.05) is 13.0 Å². The molecule has 0 N–H and O–H groups in total. The summed E-state index contributed by atoms with van der Waals surface area (Å²) < 4.78 is 5.24. The second-order valence-electron chi connectivity index (χ2n) is 6.22. The minimum atomic E-state index is -0.587. The summed E-state index contributed by atoms with van der Waals surface area (Å²) in [6, 6.07) is 0. The zero-order valence-electron chi connectivity index (χ0n) is 12.7. The molecule has 19 heavy (non-hydrogen) atoms. The molecule has 0 spiro atoms. The van der Waals surface area contributed by atoms with E-state index in [0.29, 0.717) is 18.7 Å². The van der Waals surface area contributed by atoms with Crippen molar-refractivity contribution in [3.05, 3.63) is 11.6 Å². The molecular formula is C14H24N2O3. The van der Waals surface area contributed by atoms with Gasteiger partial charge >= 0.3 is 6.09 Å². The normalized spacial score (nSPS) is 22.5. The molecule has 1 unspecified atom stereocenters. The van der Waals surface area contributed by atoms with E-state index in [1.807, 2.05) is 32.0 Å². The van der Waals surface area contributed by atoms with Gasteiger partial charge in [-0.15, -0.1) is 0 Å². The van der Waals surface area contributed by atoms with Crippen LogP contribution in [0.3, 0.4) is 0 Å². The molecule has 1 aliphatic rings. The van der Waals surface area contributed by atoms with Gasteiger partial charge in [-0.25, -0.2) is 9.69 Å². The van der Waals surface area contributed by atoms with Gasteiger partial charge in [0.25, 0.3) is 5.91 Å². The van der Waals surface area contributed by atoms with Crippen LogP contribution >= 0.6 is 0 Å². The number of nitrogens with zero attached hydrogens (tertiary/aromatic N) is 2. The Kier molecular flexibility index (Phi) is 4.74. The average molecular weight is 268 g/mol. The molecule has 2 amide bonds. The van der Waals surface area contributed by atoms with Crippen molar-refractivity contribution >= 4 is 12.0 Å². The molecule has 1 aliphatic heterocycles. The van der Waals surface area contributed by atoms with Crippen LogP contribution in [0.25, 0.3) is 0 Å². The largest absolute Gasteiger partial charge is 0.443 e. The number of imide groups is 1. The highest BCUT2D eigenvalue weighted by Crippen LogP contribution is 2.25. The summed E-state index contributed by atoms with van der Waals surface area (Å²) in [5, 5.41) is 0. The fourth-order valence-electron chi connectivity index (χ4n) is 1.87. The first-order valence-corrected chi connectivity index (χ1v) is 6.51. The summed E-state index contributed by atoms with van der Waals surface area (Å²) in [6.45, 7) is 8.40. The minimum Gasteiger partial charge on any atom is -0.443 e. The standard InChI is InChI=1S/C14H24N2O3/c1-10-9-16(13(18)19-14(2,3)4)12(17)11(10)7-8-15(5)6/h7,10H,8-9H2,1-6H3/b11-7+. The molecule has 0 aromatic heterocycles. The molecule has 0 bridgehead atoms. The molecule has 0 aromatic carbocycles. The molecular weight excluding hydrogens is 244 g/mol. The van der Waals surface area contributed by atoms with Gasteiger partial charge in [-0.3, -0.25) is 4.79 Å². The lowest BCUT2D eigenvalue weighted by molar-refractivity contribution is -0.124. The number of ether oxygens (including phenoxy) is 1. The van der Waals surface area contributed by atoms with Crippen molar-refractivity contribution in [1.82, 2.24) is 9.80 Å². The monoisotopic (exact) mass is 268 g/mol. The molecule has 1 heterocycles. The molecule has 1 fully saturated rings. The maximum absolute atomic E-state index is 12.2. The predicted octanol–water partition coefficient (Wildman–Crippen LogP) is 1.89. The van der Waals surface area contributed by atoms with Crippen LogP contribution in [-0.2, 0) is 9.53 Å². The van der Waals surface area contributed by atoms with Crippen LogP contribution in [0.1, 0.15) is 27.7 Å². The summed E-state index contributed by atoms with van der Waals surface area (Å²) in [5.41, 5.74) is 0.107. The summed E-state index contributed by atoms with van der Waals surface area (Å²) in [7, 11) is 3.87. The maximum Gasteiger partial charge on any atom is 0.417 e. The number of hydrogen-bond donors (Lipinski definition) is 0. The summed E-state index contributed by atoms with van der Waals surface area (Å²) >= 11 is 0. The minimum absolute atomic E-state index is 0.0555. The van der Waals surface area contributed by atoms with Crippen molar-refractivity contribution in [3.8, 4) is 0 Å². The van der Waals surface area contributed by atoms with E-state index in [1.165, 1.54) is 4.90 Å². The smallest absolute Gasteiger partial charge is 0.417 e. The number of likely N-dealkylation sites (tertiary alicyclic amines) is 1. The van der Waals surface area contributed by atoms with Crippen LogP contribution in [-0.4, -0.2) is 54.6 Å². The molecule has 108 valence electrons. The zero-order valence-corrected chi connectivity index (χ0v) is 12.7. The lowest BCUT2D eigenvalue weighted by Crippen LogP contribution is -2.37. The number of hydrogen-bond acceptors (Lipinski definition) is 4. The fourth-order valence-corrected chi connectivity index (χ4v) is 1.87. The predicted molar refractivity (Wildman–Crippen MR) is 73.7 cm³/mol. The van der Waals surface area contributed by atoms with E-state index in [1.54, 1.807) is 20.8 Å². The van der Waals surface area contributed by atoms with Crippen molar-refractivity contribution in [2.45, 2.75) is 33.3 Å². The number of amides is 2. The Morgan fingerprint density at radius 3 is 2.53 bits per heavy atom. The molecule has 1 rings (SSSR count). The second kappa shape index (κ2) is 5.74. The van der Waals surface area contributed by atoms with E-state index in [9.17, 15) is 9.59 Å². The molecule has 5 heteroatoms. The first-order valence-electron chi connectivity index (χ1n) is 6.51. The Hall–Kier alpha value is -1.36. The molecule has 0 radical (unpaired) electrons. The van der Waals surface area contributed by atoms with Gasteiger partial charge in [-0.2, -0.15) is 0 Å². The number of rotatable bonds is 2. The summed E-state index contributed by atoms with van der Waals surface area (Å²) in [6.07, 6.45) is 1.33. The average Bonchev–Trinajstić information content (AvgIpc) is 2.49. The number of likely N-dealkylation sites (N-methyl/N-ethyl adjacent to an activating group) is 1. The van der Waals surface area contributed by atoms with Gasteiger partial charge in [0.2, 0.25) is 0 Å². The fraction of sp³-hybridized carbons (Fsp3) is 0.714. The van der Waals surface area contributed by atoms with E-state index in [-0.39, 0.29) is 11.8 Å². The lowest BCUT2D eigenvalue weighted by atomic mass is 10.0. The second-order valence-corrected chi connectivity index (χ2v) is 6.22. The van der Waals surface area contributed by atoms with Gasteiger partial charge in [0.15, 0.2) is 0 Å². The van der Waals surface area contributed by atoms with E-state index in [4.69, 9.17) is 4.74 Å². The van der Waals surface area contributed by atoms with Gasteiger partial charge < -0.3 is 9.64 Å². The van der Waals surface area contributed by atoms with Crippen molar-refractivity contribution in [2.24, 2.45) is 5.92 Å². The van der Waals surface area contributed by atoms with E-state index in [2.05, 4.69) is 0 Å². The van der Waals surface area contributed by atoms with Crippen LogP contribution in [0.15, 0.2) is 11.6 Å². The van der Waals surface area contributed by atoms with Crippen LogP contribution in [0.5, 0.6) is 0 Å². The Labute approximate surface area is 115 Å². The third-order valence-corrected chi connectivity index (χ3v) is 2.77. The Morgan fingerprint density at radius 1 is 1.47 bits per heavy atom. The van der Waals surface area contributed by atoms with E-state index < -0.39 is 11.7 Å². The van der Waals surface area contributed by atoms with Gasteiger partial charge in [-0.05, 0) is 34.9 Å². The van der Waals surface area contributed by atoms with Gasteiger partial charge in [0.1, 0.15) is 5.60 Å². The molecule has 0 aromatic rings. The van der Waals surface area contributed by atoms with Crippen molar-refractivity contribution < 1.29 is 14.3 Å². The summed E-state index contributed by atoms with van der Waals surface area (Å²) in [5.74, 6) is -0.177. The quantitative estimate of drug-likeness (QED) is 0.718. The van der Waals surface area contributed by atoms with Crippen LogP contribution in [0.2, 0.25) is 0 Å². The third-order valence-electron chi connectivity index (χ3n) is 2.77. The van der Waals surface area contributed by atoms with Gasteiger partial charge in [0, 0.05) is 24.6 Å². The molecule has 5 nitrogen and oxygen atoms in total. The zero-order chi connectivity index (χ0) is 14.8. The number of carbonyl (C=O) groups is 2. The first-order chi connectivity index (χ1) is 8.61. The Balaban J connectivity index is 2.78. The number of carbonyl (C=O) groups excluding carboxylic acids is 2. The highest BCUT2D eigenvalue weighted by atomic mass is 16.6. The molecule has 1 atom stereocenters. The van der Waals surface area contributed by atoms with Gasteiger partial charge in [0.05, 0.1) is 0 Å². The first kappa shape index (κ1) is 15.7. The highest BCUT2D eigenvalue weighted by Gasteiger charge is 2.38. The Morgan fingerprint density at radius 2 is 2.05 bits per heavy atom. The topological polar surface area (TPSA) is 49.9 Å². The van der Waals surface area contributed by atoms with Crippen molar-refractivity contribution in [2.75, 3.05) is 27.2 Å². The van der Waals surface area contributed by atoms with Crippen molar-refractivity contribution in [3.63, 3.8) is 0 Å². The Bertz CT molecular complexity index is 394. The summed E-state index contributed by atoms with van der Waals surface area (Å²) in [4.78, 5) is 27.3. The molecule has 0 aliphatic carbocycles. The third kappa shape index (κ3) is 4.35.